The number of nitrogens with two attached hydrogens (primary N) is 1. The maximum atomic E-state index is 13.7. The molecule has 2 aromatic carbocycles. The normalized spacial score (nSPS) is 11.7. The van der Waals surface area contributed by atoms with Crippen molar-refractivity contribution in [1.29, 1.82) is 0 Å². The van der Waals surface area contributed by atoms with Gasteiger partial charge in [-0.2, -0.15) is 0 Å². The molecule has 0 fully saturated rings. The van der Waals surface area contributed by atoms with Crippen molar-refractivity contribution in [3.05, 3.63) is 57.8 Å². The Hall–Kier alpha value is -1.34. The van der Waals surface area contributed by atoms with E-state index in [1.807, 2.05) is 24.3 Å². The molecule has 1 unspecified atom stereocenters. The molecule has 0 aliphatic carbocycles. The Bertz CT molecular complexity index is 617. The van der Waals surface area contributed by atoms with E-state index in [-0.39, 0.29) is 30.7 Å². The smallest absolute Gasteiger partial charge is 0.147 e. The van der Waals surface area contributed by atoms with Gasteiger partial charge in [0.2, 0.25) is 0 Å². The number of rotatable bonds is 6. The fourth-order valence-electron chi connectivity index (χ4n) is 2.08. The Balaban J connectivity index is 0.00000264. The number of halogens is 3. The van der Waals surface area contributed by atoms with Crippen molar-refractivity contribution in [2.24, 2.45) is 0 Å². The predicted molar refractivity (Wildman–Crippen MR) is 95.4 cm³/mol. The summed E-state index contributed by atoms with van der Waals surface area (Å²) < 4.78 is 19.3. The summed E-state index contributed by atoms with van der Waals surface area (Å²) in [5, 5.41) is 12.7. The molecule has 0 heterocycles. The maximum Gasteiger partial charge on any atom is 0.147 e. The van der Waals surface area contributed by atoms with Gasteiger partial charge in [0, 0.05) is 11.0 Å². The van der Waals surface area contributed by atoms with E-state index in [0.29, 0.717) is 16.6 Å². The van der Waals surface area contributed by atoms with Gasteiger partial charge >= 0.3 is 0 Å². The number of methoxy groups -OCH3 is 1. The third kappa shape index (κ3) is 5.07. The number of nitrogens with one attached hydrogen (secondary N) is 1. The Kier molecular flexibility index (Phi) is 7.78. The topological polar surface area (TPSA) is 67.5 Å². The highest BCUT2D eigenvalue weighted by Gasteiger charge is 2.14. The van der Waals surface area contributed by atoms with Crippen LogP contribution in [-0.2, 0) is 6.54 Å². The lowest BCUT2D eigenvalue weighted by Gasteiger charge is -2.18. The Morgan fingerprint density at radius 1 is 1.30 bits per heavy atom. The number of anilines is 1. The molecule has 0 amide bonds. The molecule has 0 bridgehead atoms. The van der Waals surface area contributed by atoms with Crippen molar-refractivity contribution < 1.29 is 14.2 Å². The zero-order valence-corrected chi connectivity index (χ0v) is 15.0. The van der Waals surface area contributed by atoms with Crippen molar-refractivity contribution in [1.82, 2.24) is 5.32 Å². The highest BCUT2D eigenvalue weighted by molar-refractivity contribution is 9.10. The molecule has 0 aromatic heterocycles. The fourth-order valence-corrected chi connectivity index (χ4v) is 2.53. The van der Waals surface area contributed by atoms with Crippen molar-refractivity contribution >= 4 is 34.0 Å². The first-order valence-corrected chi connectivity index (χ1v) is 7.56. The summed E-state index contributed by atoms with van der Waals surface area (Å²) in [4.78, 5) is 0. The lowest BCUT2D eigenvalue weighted by molar-refractivity contribution is 0.243. The molecule has 0 saturated carbocycles. The molecule has 2 aromatic rings. The van der Waals surface area contributed by atoms with Crippen molar-refractivity contribution in [3.63, 3.8) is 0 Å². The highest BCUT2D eigenvalue weighted by Crippen LogP contribution is 2.27. The van der Waals surface area contributed by atoms with Crippen LogP contribution in [0.1, 0.15) is 17.2 Å². The number of hydrogen-bond acceptors (Lipinski definition) is 4. The van der Waals surface area contributed by atoms with Crippen LogP contribution in [0, 0.1) is 5.82 Å². The van der Waals surface area contributed by atoms with Gasteiger partial charge in [0.05, 0.1) is 25.4 Å². The quantitative estimate of drug-likeness (QED) is 0.644. The largest absolute Gasteiger partial charge is 0.497 e. The second kappa shape index (κ2) is 9.08. The Labute approximate surface area is 149 Å². The lowest BCUT2D eigenvalue weighted by atomic mass is 10.1. The van der Waals surface area contributed by atoms with Gasteiger partial charge in [-0.1, -0.05) is 12.1 Å². The van der Waals surface area contributed by atoms with Crippen LogP contribution in [0.5, 0.6) is 5.75 Å². The van der Waals surface area contributed by atoms with E-state index in [1.54, 1.807) is 13.2 Å². The van der Waals surface area contributed by atoms with Gasteiger partial charge < -0.3 is 20.9 Å². The molecule has 0 spiro atoms. The summed E-state index contributed by atoms with van der Waals surface area (Å²) in [6.07, 6.45) is 0. The SMILES string of the molecule is COc1ccc(CNC(CO)c2cc(F)c(N)c(Br)c2)cc1.Cl. The molecule has 4 N–H and O–H groups in total. The minimum atomic E-state index is -0.505. The first-order chi connectivity index (χ1) is 10.5. The van der Waals surface area contributed by atoms with Crippen LogP contribution in [0.3, 0.4) is 0 Å². The molecular weight excluding hydrogens is 387 g/mol. The van der Waals surface area contributed by atoms with Crippen LogP contribution in [0.2, 0.25) is 0 Å². The van der Waals surface area contributed by atoms with Crippen LogP contribution in [0.4, 0.5) is 10.1 Å². The van der Waals surface area contributed by atoms with Gasteiger partial charge in [-0.15, -0.1) is 12.4 Å². The first-order valence-electron chi connectivity index (χ1n) is 6.76. The van der Waals surface area contributed by atoms with E-state index in [0.717, 1.165) is 11.3 Å². The fraction of sp³-hybridized carbons (Fsp3) is 0.250. The molecular formula is C16H19BrClFN2O2. The molecule has 1 atom stereocenters. The highest BCUT2D eigenvalue weighted by atomic mass is 79.9. The zero-order valence-electron chi connectivity index (χ0n) is 12.6. The van der Waals surface area contributed by atoms with Crippen LogP contribution in [0.15, 0.2) is 40.9 Å². The van der Waals surface area contributed by atoms with E-state index < -0.39 is 5.82 Å². The lowest BCUT2D eigenvalue weighted by Crippen LogP contribution is -2.24. The molecule has 126 valence electrons. The summed E-state index contributed by atoms with van der Waals surface area (Å²) >= 11 is 3.22. The molecule has 7 heteroatoms. The number of benzene rings is 2. The second-order valence-electron chi connectivity index (χ2n) is 4.86. The van der Waals surface area contributed by atoms with Gasteiger partial charge in [0.15, 0.2) is 0 Å². The Morgan fingerprint density at radius 2 is 1.96 bits per heavy atom. The van der Waals surface area contributed by atoms with E-state index >= 15 is 0 Å². The average molecular weight is 406 g/mol. The van der Waals surface area contributed by atoms with Gasteiger partial charge in [0.25, 0.3) is 0 Å². The van der Waals surface area contributed by atoms with Gasteiger partial charge in [-0.05, 0) is 51.3 Å². The van der Waals surface area contributed by atoms with Gasteiger partial charge in [-0.3, -0.25) is 0 Å². The molecule has 0 aliphatic rings. The van der Waals surface area contributed by atoms with Crippen LogP contribution >= 0.6 is 28.3 Å². The van der Waals surface area contributed by atoms with Gasteiger partial charge in [-0.25, -0.2) is 4.39 Å². The first kappa shape index (κ1) is 19.7. The van der Waals surface area contributed by atoms with Crippen molar-refractivity contribution in [2.75, 3.05) is 19.5 Å². The van der Waals surface area contributed by atoms with Gasteiger partial charge in [0.1, 0.15) is 11.6 Å². The van der Waals surface area contributed by atoms with Crippen LogP contribution in [-0.4, -0.2) is 18.8 Å². The summed E-state index contributed by atoms with van der Waals surface area (Å²) in [6.45, 7) is 0.394. The molecule has 23 heavy (non-hydrogen) atoms. The van der Waals surface area contributed by atoms with E-state index in [9.17, 15) is 9.50 Å². The number of aliphatic hydroxyl groups is 1. The number of ether oxygens (including phenoxy) is 1. The monoisotopic (exact) mass is 404 g/mol. The van der Waals surface area contributed by atoms with Crippen LogP contribution < -0.4 is 15.8 Å². The van der Waals surface area contributed by atoms with Crippen molar-refractivity contribution in [2.45, 2.75) is 12.6 Å². The number of nitrogen functional groups attached to an aromatic ring is 1. The van der Waals surface area contributed by atoms with E-state index in [1.165, 1.54) is 6.07 Å². The minimum absolute atomic E-state index is 0. The van der Waals surface area contributed by atoms with E-state index in [4.69, 9.17) is 10.5 Å². The molecule has 4 nitrogen and oxygen atoms in total. The maximum absolute atomic E-state index is 13.7. The van der Waals surface area contributed by atoms with Crippen molar-refractivity contribution in [3.8, 4) is 5.75 Å². The average Bonchev–Trinajstić information content (AvgIpc) is 2.53. The van der Waals surface area contributed by atoms with Crippen LogP contribution in [0.25, 0.3) is 0 Å². The summed E-state index contributed by atoms with van der Waals surface area (Å²) in [5.41, 5.74) is 7.30. The zero-order chi connectivity index (χ0) is 16.1. The minimum Gasteiger partial charge on any atom is -0.497 e. The predicted octanol–water partition coefficient (Wildman–Crippen LogP) is 3.42. The molecule has 0 radical (unpaired) electrons. The van der Waals surface area contributed by atoms with E-state index in [2.05, 4.69) is 21.2 Å². The second-order valence-corrected chi connectivity index (χ2v) is 5.72. The summed E-state index contributed by atoms with van der Waals surface area (Å²) in [5.74, 6) is 0.279. The summed E-state index contributed by atoms with van der Waals surface area (Å²) in [7, 11) is 1.61. The number of hydrogen-bond donors (Lipinski definition) is 3. The standard InChI is InChI=1S/C16H18BrFN2O2.ClH/c1-22-12-4-2-10(3-5-12)8-20-15(9-21)11-6-13(17)16(19)14(18)7-11;/h2-7,15,20-21H,8-9,19H2,1H3;1H. The third-order valence-electron chi connectivity index (χ3n) is 3.40. The molecule has 2 rings (SSSR count). The number of aliphatic hydroxyl groups excluding tert-OH is 1. The third-order valence-corrected chi connectivity index (χ3v) is 4.05. The molecule has 0 aliphatic heterocycles. The summed E-state index contributed by atoms with van der Waals surface area (Å²) in [6, 6.07) is 10.3. The molecule has 0 saturated heterocycles. The Morgan fingerprint density at radius 3 is 2.48 bits per heavy atom.